The first-order valence-electron chi connectivity index (χ1n) is 11.1. The lowest BCUT2D eigenvalue weighted by molar-refractivity contribution is -0.140. The number of piperazine rings is 1. The number of nitrogens with zero attached hydrogens (tertiary/aromatic N) is 3. The van der Waals surface area contributed by atoms with Crippen LogP contribution in [-0.4, -0.2) is 67.5 Å². The van der Waals surface area contributed by atoms with Crippen LogP contribution in [0.15, 0.2) is 24.3 Å². The fourth-order valence-electron chi connectivity index (χ4n) is 4.96. The third kappa shape index (κ3) is 4.07. The van der Waals surface area contributed by atoms with Crippen LogP contribution in [0, 0.1) is 11.8 Å². The molecule has 6 nitrogen and oxygen atoms in total. The molecule has 1 aliphatic carbocycles. The number of hydrogen-bond donors (Lipinski definition) is 0. The summed E-state index contributed by atoms with van der Waals surface area (Å²) in [5.74, 6) is 1.09. The van der Waals surface area contributed by atoms with Crippen LogP contribution in [-0.2, 0) is 9.59 Å². The minimum Gasteiger partial charge on any atom is -0.495 e. The smallest absolute Gasteiger partial charge is 0.226 e. The SMILES string of the molecule is CCC1CCCCN1C(=O)C1CC1C(=O)N1CCN(c2ccccc2OC)CC1. The number of hydrogen-bond acceptors (Lipinski definition) is 4. The van der Waals surface area contributed by atoms with Crippen molar-refractivity contribution in [1.82, 2.24) is 9.80 Å². The predicted octanol–water partition coefficient (Wildman–Crippen LogP) is 2.77. The number of benzene rings is 1. The molecule has 3 atom stereocenters. The highest BCUT2D eigenvalue weighted by molar-refractivity contribution is 5.92. The molecule has 0 spiro atoms. The second kappa shape index (κ2) is 8.64. The normalized spacial score (nSPS) is 27.0. The quantitative estimate of drug-likeness (QED) is 0.764. The Kier molecular flexibility index (Phi) is 5.97. The van der Waals surface area contributed by atoms with Gasteiger partial charge in [-0.1, -0.05) is 19.1 Å². The van der Waals surface area contributed by atoms with Crippen molar-refractivity contribution in [1.29, 1.82) is 0 Å². The molecule has 0 bridgehead atoms. The molecule has 158 valence electrons. The van der Waals surface area contributed by atoms with Gasteiger partial charge in [-0.25, -0.2) is 0 Å². The Morgan fingerprint density at radius 3 is 2.45 bits per heavy atom. The van der Waals surface area contributed by atoms with Crippen molar-refractivity contribution >= 4 is 17.5 Å². The van der Waals surface area contributed by atoms with Crippen molar-refractivity contribution in [3.8, 4) is 5.75 Å². The van der Waals surface area contributed by atoms with Gasteiger partial charge in [-0.05, 0) is 44.2 Å². The number of amides is 2. The number of anilines is 1. The standard InChI is InChI=1S/C23H33N3O3/c1-3-17-8-6-7-11-26(17)23(28)19-16-18(19)22(27)25-14-12-24(13-15-25)20-9-4-5-10-21(20)29-2/h4-5,9-10,17-19H,3,6-8,11-16H2,1-2H3. The van der Waals surface area contributed by atoms with Gasteiger partial charge in [-0.2, -0.15) is 0 Å². The first-order chi connectivity index (χ1) is 14.1. The van der Waals surface area contributed by atoms with Gasteiger partial charge in [0, 0.05) is 38.8 Å². The second-order valence-corrected chi connectivity index (χ2v) is 8.52. The summed E-state index contributed by atoms with van der Waals surface area (Å²) in [5.41, 5.74) is 1.08. The lowest BCUT2D eigenvalue weighted by atomic mass is 9.99. The molecule has 0 radical (unpaired) electrons. The lowest BCUT2D eigenvalue weighted by Crippen LogP contribution is -2.50. The number of para-hydroxylation sites is 2. The molecule has 6 heteroatoms. The van der Waals surface area contributed by atoms with Gasteiger partial charge in [-0.15, -0.1) is 0 Å². The molecular formula is C23H33N3O3. The van der Waals surface area contributed by atoms with Crippen molar-refractivity contribution in [2.45, 2.75) is 45.1 Å². The monoisotopic (exact) mass is 399 g/mol. The Balaban J connectivity index is 1.31. The highest BCUT2D eigenvalue weighted by atomic mass is 16.5. The average molecular weight is 400 g/mol. The van der Waals surface area contributed by atoms with Crippen LogP contribution in [0.5, 0.6) is 5.75 Å². The van der Waals surface area contributed by atoms with E-state index in [9.17, 15) is 9.59 Å². The number of carbonyl (C=O) groups excluding carboxylic acids is 2. The van der Waals surface area contributed by atoms with Gasteiger partial charge in [-0.3, -0.25) is 9.59 Å². The Morgan fingerprint density at radius 2 is 1.72 bits per heavy atom. The summed E-state index contributed by atoms with van der Waals surface area (Å²) in [5, 5.41) is 0. The average Bonchev–Trinajstić information content (AvgIpc) is 3.59. The summed E-state index contributed by atoms with van der Waals surface area (Å²) in [6, 6.07) is 8.39. The van der Waals surface area contributed by atoms with Crippen LogP contribution in [0.25, 0.3) is 0 Å². The van der Waals surface area contributed by atoms with Crippen LogP contribution in [0.2, 0.25) is 0 Å². The van der Waals surface area contributed by atoms with E-state index in [0.29, 0.717) is 19.1 Å². The van der Waals surface area contributed by atoms with Crippen molar-refractivity contribution in [3.63, 3.8) is 0 Å². The minimum absolute atomic E-state index is 0.0816. The molecule has 29 heavy (non-hydrogen) atoms. The molecule has 1 saturated carbocycles. The first-order valence-corrected chi connectivity index (χ1v) is 11.1. The van der Waals surface area contributed by atoms with Gasteiger partial charge in [0.1, 0.15) is 5.75 Å². The van der Waals surface area contributed by atoms with Gasteiger partial charge < -0.3 is 19.4 Å². The zero-order valence-electron chi connectivity index (χ0n) is 17.7. The van der Waals surface area contributed by atoms with Crippen LogP contribution in [0.1, 0.15) is 39.0 Å². The summed E-state index contributed by atoms with van der Waals surface area (Å²) < 4.78 is 5.47. The van der Waals surface area contributed by atoms with E-state index in [2.05, 4.69) is 22.8 Å². The summed E-state index contributed by atoms with van der Waals surface area (Å²) in [6.07, 6.45) is 5.17. The number of methoxy groups -OCH3 is 1. The van der Waals surface area contributed by atoms with Crippen LogP contribution < -0.4 is 9.64 Å². The van der Waals surface area contributed by atoms with Crippen molar-refractivity contribution in [2.75, 3.05) is 44.7 Å². The fourth-order valence-corrected chi connectivity index (χ4v) is 4.96. The summed E-state index contributed by atoms with van der Waals surface area (Å²) in [4.78, 5) is 32.3. The topological polar surface area (TPSA) is 53.1 Å². The summed E-state index contributed by atoms with van der Waals surface area (Å²) in [7, 11) is 1.69. The maximum Gasteiger partial charge on any atom is 0.226 e. The van der Waals surface area contributed by atoms with Crippen LogP contribution in [0.3, 0.4) is 0 Å². The zero-order chi connectivity index (χ0) is 20.4. The predicted molar refractivity (Wildman–Crippen MR) is 113 cm³/mol. The molecule has 3 fully saturated rings. The van der Waals surface area contributed by atoms with E-state index >= 15 is 0 Å². The molecular weight excluding hydrogens is 366 g/mol. The van der Waals surface area contributed by atoms with E-state index in [0.717, 1.165) is 56.8 Å². The van der Waals surface area contributed by atoms with E-state index in [1.807, 2.05) is 23.1 Å². The number of likely N-dealkylation sites (tertiary alicyclic amines) is 1. The largest absolute Gasteiger partial charge is 0.495 e. The molecule has 0 aromatic heterocycles. The molecule has 4 rings (SSSR count). The fraction of sp³-hybridized carbons (Fsp3) is 0.652. The maximum absolute atomic E-state index is 13.0. The van der Waals surface area contributed by atoms with Gasteiger partial charge in [0.15, 0.2) is 0 Å². The Hall–Kier alpha value is -2.24. The van der Waals surface area contributed by atoms with E-state index in [1.54, 1.807) is 7.11 Å². The van der Waals surface area contributed by atoms with Crippen molar-refractivity contribution in [3.05, 3.63) is 24.3 Å². The molecule has 2 amide bonds. The number of carbonyl (C=O) groups is 2. The number of rotatable bonds is 5. The van der Waals surface area contributed by atoms with E-state index in [-0.39, 0.29) is 23.7 Å². The van der Waals surface area contributed by atoms with E-state index in [1.165, 1.54) is 6.42 Å². The molecule has 2 saturated heterocycles. The molecule has 3 unspecified atom stereocenters. The Morgan fingerprint density at radius 1 is 1.00 bits per heavy atom. The van der Waals surface area contributed by atoms with Crippen LogP contribution >= 0.6 is 0 Å². The summed E-state index contributed by atoms with van der Waals surface area (Å²) >= 11 is 0. The van der Waals surface area contributed by atoms with Gasteiger partial charge in [0.25, 0.3) is 0 Å². The van der Waals surface area contributed by atoms with Crippen molar-refractivity contribution < 1.29 is 14.3 Å². The van der Waals surface area contributed by atoms with Crippen LogP contribution in [0.4, 0.5) is 5.69 Å². The minimum atomic E-state index is -0.0975. The van der Waals surface area contributed by atoms with E-state index < -0.39 is 0 Å². The zero-order valence-corrected chi connectivity index (χ0v) is 17.7. The number of piperidine rings is 1. The molecule has 2 heterocycles. The second-order valence-electron chi connectivity index (χ2n) is 8.52. The first kappa shape index (κ1) is 20.0. The molecule has 1 aromatic rings. The van der Waals surface area contributed by atoms with Gasteiger partial charge >= 0.3 is 0 Å². The summed E-state index contributed by atoms with van der Waals surface area (Å²) in [6.45, 7) is 6.02. The van der Waals surface area contributed by atoms with E-state index in [4.69, 9.17) is 4.74 Å². The molecule has 0 N–H and O–H groups in total. The Labute approximate surface area is 173 Å². The molecule has 1 aromatic carbocycles. The Bertz CT molecular complexity index is 745. The van der Waals surface area contributed by atoms with Gasteiger partial charge in [0.05, 0.1) is 24.6 Å². The third-order valence-corrected chi connectivity index (χ3v) is 6.82. The lowest BCUT2D eigenvalue weighted by Gasteiger charge is -2.37. The molecule has 3 aliphatic rings. The number of ether oxygens (including phenoxy) is 1. The highest BCUT2D eigenvalue weighted by Gasteiger charge is 2.51. The van der Waals surface area contributed by atoms with Gasteiger partial charge in [0.2, 0.25) is 11.8 Å². The molecule has 2 aliphatic heterocycles. The van der Waals surface area contributed by atoms with Crippen molar-refractivity contribution in [2.24, 2.45) is 11.8 Å². The highest BCUT2D eigenvalue weighted by Crippen LogP contribution is 2.43. The maximum atomic E-state index is 13.0. The third-order valence-electron chi connectivity index (χ3n) is 6.82.